The first kappa shape index (κ1) is 11.3. The number of hydrogen-bond donors (Lipinski definition) is 1. The van der Waals surface area contributed by atoms with Crippen LogP contribution in [0.3, 0.4) is 0 Å². The van der Waals surface area contributed by atoms with Gasteiger partial charge in [0.1, 0.15) is 0 Å². The van der Waals surface area contributed by atoms with Gasteiger partial charge in [-0.3, -0.25) is 4.79 Å². The van der Waals surface area contributed by atoms with Crippen molar-refractivity contribution < 1.29 is 9.90 Å². The molecule has 4 aliphatic carbocycles. The Morgan fingerprint density at radius 3 is 2.00 bits per heavy atom. The molecule has 1 saturated heterocycles. The van der Waals surface area contributed by atoms with Crippen LogP contribution in [0.15, 0.2) is 0 Å². The van der Waals surface area contributed by atoms with Crippen LogP contribution >= 0.6 is 0 Å². The fourth-order valence-corrected chi connectivity index (χ4v) is 5.56. The van der Waals surface area contributed by atoms with E-state index < -0.39 is 0 Å². The lowest BCUT2D eigenvalue weighted by Gasteiger charge is -2.57. The molecule has 0 aromatic heterocycles. The summed E-state index contributed by atoms with van der Waals surface area (Å²) in [6, 6.07) is 0. The molecule has 0 aromatic rings. The average molecular weight is 249 g/mol. The molecule has 0 radical (unpaired) electrons. The first-order valence-electron chi connectivity index (χ1n) is 7.59. The molecule has 0 atom stereocenters. The van der Waals surface area contributed by atoms with Gasteiger partial charge in [-0.2, -0.15) is 0 Å². The van der Waals surface area contributed by atoms with Gasteiger partial charge < -0.3 is 10.0 Å². The molecule has 0 aromatic carbocycles. The molecule has 1 aliphatic heterocycles. The zero-order valence-corrected chi connectivity index (χ0v) is 11.0. The van der Waals surface area contributed by atoms with E-state index in [2.05, 4.69) is 0 Å². The molecule has 1 amide bonds. The second-order valence-electron chi connectivity index (χ2n) is 7.46. The Morgan fingerprint density at radius 2 is 1.56 bits per heavy atom. The minimum absolute atomic E-state index is 0.0230. The molecule has 18 heavy (non-hydrogen) atoms. The zero-order chi connectivity index (χ0) is 12.3. The number of likely N-dealkylation sites (tertiary alicyclic amines) is 1. The van der Waals surface area contributed by atoms with Gasteiger partial charge in [0.05, 0.1) is 5.41 Å². The lowest BCUT2D eigenvalue weighted by molar-refractivity contribution is -0.165. The molecule has 100 valence electrons. The predicted molar refractivity (Wildman–Crippen MR) is 67.8 cm³/mol. The van der Waals surface area contributed by atoms with Crippen molar-refractivity contribution in [2.45, 2.75) is 38.5 Å². The minimum atomic E-state index is 0.0230. The summed E-state index contributed by atoms with van der Waals surface area (Å²) < 4.78 is 0. The summed E-state index contributed by atoms with van der Waals surface area (Å²) in [6.45, 7) is 1.85. The van der Waals surface area contributed by atoms with Crippen molar-refractivity contribution in [1.82, 2.24) is 4.90 Å². The van der Waals surface area contributed by atoms with Crippen molar-refractivity contribution in [3.05, 3.63) is 0 Å². The van der Waals surface area contributed by atoms with Crippen LogP contribution in [0.5, 0.6) is 0 Å². The standard InChI is InChI=1S/C15H23NO2/c17-9-13-7-16(8-13)14(18)15-4-10-1-11(5-15)3-12(2-10)6-15/h10-13,17H,1-9H2. The van der Waals surface area contributed by atoms with Gasteiger partial charge in [-0.25, -0.2) is 0 Å². The highest BCUT2D eigenvalue weighted by Gasteiger charge is 2.56. The lowest BCUT2D eigenvalue weighted by Crippen LogP contribution is -2.60. The summed E-state index contributed by atoms with van der Waals surface area (Å²) in [4.78, 5) is 14.8. The molecule has 0 unspecified atom stereocenters. The quantitative estimate of drug-likeness (QED) is 0.808. The highest BCUT2D eigenvalue weighted by molar-refractivity contribution is 5.84. The van der Waals surface area contributed by atoms with Crippen molar-refractivity contribution in [3.8, 4) is 0 Å². The van der Waals surface area contributed by atoms with E-state index in [0.29, 0.717) is 11.8 Å². The number of aliphatic hydroxyl groups excluding tert-OH is 1. The van der Waals surface area contributed by atoms with E-state index in [9.17, 15) is 4.79 Å². The zero-order valence-electron chi connectivity index (χ0n) is 11.0. The highest BCUT2D eigenvalue weighted by atomic mass is 16.3. The van der Waals surface area contributed by atoms with Crippen molar-refractivity contribution in [2.24, 2.45) is 29.1 Å². The molecule has 3 nitrogen and oxygen atoms in total. The number of carbonyl (C=O) groups excluding carboxylic acids is 1. The average Bonchev–Trinajstić information content (AvgIpc) is 2.25. The molecular formula is C15H23NO2. The van der Waals surface area contributed by atoms with Gasteiger partial charge in [0.25, 0.3) is 0 Å². The highest BCUT2D eigenvalue weighted by Crippen LogP contribution is 2.60. The Bertz CT molecular complexity index is 337. The fraction of sp³-hybridized carbons (Fsp3) is 0.933. The molecule has 1 N–H and O–H groups in total. The van der Waals surface area contributed by atoms with Crippen LogP contribution in [0.1, 0.15) is 38.5 Å². The number of aliphatic hydroxyl groups is 1. The van der Waals surface area contributed by atoms with Gasteiger partial charge in [0, 0.05) is 25.6 Å². The third-order valence-electron chi connectivity index (χ3n) is 5.99. The van der Waals surface area contributed by atoms with E-state index in [1.807, 2.05) is 4.90 Å². The smallest absolute Gasteiger partial charge is 0.228 e. The SMILES string of the molecule is O=C(N1CC(CO)C1)C12CC3CC(CC(C3)C1)C2. The van der Waals surface area contributed by atoms with Crippen molar-refractivity contribution >= 4 is 5.91 Å². The van der Waals surface area contributed by atoms with Crippen LogP contribution < -0.4 is 0 Å². The van der Waals surface area contributed by atoms with E-state index in [-0.39, 0.29) is 12.0 Å². The van der Waals surface area contributed by atoms with E-state index in [0.717, 1.165) is 30.8 Å². The summed E-state index contributed by atoms with van der Waals surface area (Å²) in [6.07, 6.45) is 7.68. The predicted octanol–water partition coefficient (Wildman–Crippen LogP) is 1.65. The second-order valence-corrected chi connectivity index (χ2v) is 7.46. The molecule has 4 bridgehead atoms. The van der Waals surface area contributed by atoms with E-state index in [1.54, 1.807) is 0 Å². The van der Waals surface area contributed by atoms with Crippen molar-refractivity contribution in [3.63, 3.8) is 0 Å². The lowest BCUT2D eigenvalue weighted by atomic mass is 9.49. The summed E-state index contributed by atoms with van der Waals surface area (Å²) in [7, 11) is 0. The maximum atomic E-state index is 12.8. The summed E-state index contributed by atoms with van der Waals surface area (Å²) in [5.74, 6) is 3.31. The second kappa shape index (κ2) is 3.72. The number of hydrogen-bond acceptors (Lipinski definition) is 2. The van der Waals surface area contributed by atoms with E-state index >= 15 is 0 Å². The van der Waals surface area contributed by atoms with Crippen LogP contribution in [-0.2, 0) is 4.79 Å². The number of amides is 1. The van der Waals surface area contributed by atoms with Gasteiger partial charge in [0.2, 0.25) is 5.91 Å². The van der Waals surface area contributed by atoms with Crippen molar-refractivity contribution in [2.75, 3.05) is 19.7 Å². The number of carbonyl (C=O) groups is 1. The van der Waals surface area contributed by atoms with Crippen LogP contribution in [0.4, 0.5) is 0 Å². The molecule has 5 aliphatic rings. The summed E-state index contributed by atoms with van der Waals surface area (Å²) in [5.41, 5.74) is 0.0230. The molecule has 3 heteroatoms. The molecule has 5 fully saturated rings. The van der Waals surface area contributed by atoms with Gasteiger partial charge >= 0.3 is 0 Å². The van der Waals surface area contributed by atoms with Crippen LogP contribution in [0, 0.1) is 29.1 Å². The molecule has 1 heterocycles. The molecule has 4 saturated carbocycles. The Labute approximate surface area is 109 Å². The van der Waals surface area contributed by atoms with Crippen LogP contribution in [0.2, 0.25) is 0 Å². The largest absolute Gasteiger partial charge is 0.396 e. The maximum absolute atomic E-state index is 12.8. The van der Waals surface area contributed by atoms with E-state index in [4.69, 9.17) is 5.11 Å². The Kier molecular flexibility index (Phi) is 2.33. The monoisotopic (exact) mass is 249 g/mol. The third-order valence-corrected chi connectivity index (χ3v) is 5.99. The Balaban J connectivity index is 1.52. The normalized spacial score (nSPS) is 46.3. The summed E-state index contributed by atoms with van der Waals surface area (Å²) in [5, 5.41) is 9.08. The third kappa shape index (κ3) is 1.49. The van der Waals surface area contributed by atoms with Crippen LogP contribution in [0.25, 0.3) is 0 Å². The molecular weight excluding hydrogens is 226 g/mol. The van der Waals surface area contributed by atoms with Crippen LogP contribution in [-0.4, -0.2) is 35.6 Å². The summed E-state index contributed by atoms with van der Waals surface area (Å²) >= 11 is 0. The maximum Gasteiger partial charge on any atom is 0.228 e. The van der Waals surface area contributed by atoms with Gasteiger partial charge in [-0.1, -0.05) is 0 Å². The van der Waals surface area contributed by atoms with Gasteiger partial charge in [-0.15, -0.1) is 0 Å². The van der Waals surface area contributed by atoms with E-state index in [1.165, 1.54) is 38.5 Å². The number of nitrogens with zero attached hydrogens (tertiary/aromatic N) is 1. The Hall–Kier alpha value is -0.570. The molecule has 0 spiro atoms. The van der Waals surface area contributed by atoms with Gasteiger partial charge in [-0.05, 0) is 56.3 Å². The number of rotatable bonds is 2. The Morgan fingerprint density at radius 1 is 1.06 bits per heavy atom. The molecule has 5 rings (SSSR count). The first-order chi connectivity index (χ1) is 8.68. The topological polar surface area (TPSA) is 40.5 Å². The fourth-order valence-electron chi connectivity index (χ4n) is 5.56. The minimum Gasteiger partial charge on any atom is -0.396 e. The first-order valence-corrected chi connectivity index (χ1v) is 7.59. The van der Waals surface area contributed by atoms with Crippen molar-refractivity contribution in [1.29, 1.82) is 0 Å². The van der Waals surface area contributed by atoms with Gasteiger partial charge in [0.15, 0.2) is 0 Å².